The minimum Gasteiger partial charge on any atom is -0.474 e. The Bertz CT molecular complexity index is 382. The largest absolute Gasteiger partial charge is 0.474 e. The summed E-state index contributed by atoms with van der Waals surface area (Å²) in [6, 6.07) is 3.87. The van der Waals surface area contributed by atoms with Crippen LogP contribution in [0.25, 0.3) is 0 Å². The first-order valence-electron chi connectivity index (χ1n) is 6.60. The van der Waals surface area contributed by atoms with Crippen molar-refractivity contribution in [1.82, 2.24) is 4.98 Å². The van der Waals surface area contributed by atoms with E-state index in [4.69, 9.17) is 15.2 Å². The molecule has 4 nitrogen and oxygen atoms in total. The molecule has 3 atom stereocenters. The fourth-order valence-corrected chi connectivity index (χ4v) is 2.37. The molecule has 0 aliphatic heterocycles. The molecule has 1 aromatic heterocycles. The van der Waals surface area contributed by atoms with Crippen LogP contribution >= 0.6 is 0 Å². The number of methoxy groups -OCH3 is 1. The summed E-state index contributed by atoms with van der Waals surface area (Å²) in [7, 11) is 1.77. The van der Waals surface area contributed by atoms with Crippen LogP contribution in [0.5, 0.6) is 5.88 Å². The van der Waals surface area contributed by atoms with E-state index in [1.807, 2.05) is 19.1 Å². The average molecular weight is 250 g/mol. The van der Waals surface area contributed by atoms with Crippen molar-refractivity contribution in [1.29, 1.82) is 0 Å². The first kappa shape index (κ1) is 13.3. The molecule has 4 heteroatoms. The first-order chi connectivity index (χ1) is 8.69. The number of nitrogens with zero attached hydrogens (tertiary/aromatic N) is 1. The summed E-state index contributed by atoms with van der Waals surface area (Å²) in [5, 5.41) is 0. The summed E-state index contributed by atoms with van der Waals surface area (Å²) < 4.78 is 11.3. The predicted octanol–water partition coefficient (Wildman–Crippen LogP) is 2.44. The maximum Gasteiger partial charge on any atom is 0.213 e. The quantitative estimate of drug-likeness (QED) is 0.891. The van der Waals surface area contributed by atoms with Gasteiger partial charge in [-0.3, -0.25) is 0 Å². The highest BCUT2D eigenvalue weighted by Crippen LogP contribution is 2.25. The van der Waals surface area contributed by atoms with Gasteiger partial charge in [-0.25, -0.2) is 4.98 Å². The molecule has 1 saturated carbocycles. The van der Waals surface area contributed by atoms with Crippen LogP contribution in [0.15, 0.2) is 18.3 Å². The number of ether oxygens (including phenoxy) is 2. The molecular weight excluding hydrogens is 228 g/mol. The highest BCUT2D eigenvalue weighted by Gasteiger charge is 2.23. The lowest BCUT2D eigenvalue weighted by molar-refractivity contribution is 0.0195. The highest BCUT2D eigenvalue weighted by atomic mass is 16.5. The molecular formula is C14H22N2O2. The van der Waals surface area contributed by atoms with E-state index in [0.29, 0.717) is 12.0 Å². The zero-order chi connectivity index (χ0) is 13.0. The number of hydrogen-bond donors (Lipinski definition) is 1. The smallest absolute Gasteiger partial charge is 0.213 e. The molecule has 0 radical (unpaired) electrons. The SMILES string of the molecule is COC1CCCC(Oc2cc([C@@H](C)N)ccn2)C1. The van der Waals surface area contributed by atoms with Crippen LogP contribution in [0.2, 0.25) is 0 Å². The lowest BCUT2D eigenvalue weighted by Crippen LogP contribution is -2.29. The summed E-state index contributed by atoms with van der Waals surface area (Å²) >= 11 is 0. The highest BCUT2D eigenvalue weighted by molar-refractivity contribution is 5.23. The molecule has 1 aliphatic carbocycles. The van der Waals surface area contributed by atoms with E-state index in [-0.39, 0.29) is 12.1 Å². The van der Waals surface area contributed by atoms with E-state index in [9.17, 15) is 0 Å². The van der Waals surface area contributed by atoms with E-state index < -0.39 is 0 Å². The maximum absolute atomic E-state index is 5.93. The molecule has 1 aromatic rings. The minimum absolute atomic E-state index is 0.00781. The minimum atomic E-state index is 0.00781. The summed E-state index contributed by atoms with van der Waals surface area (Å²) in [6.45, 7) is 1.96. The van der Waals surface area contributed by atoms with Crippen molar-refractivity contribution in [3.05, 3.63) is 23.9 Å². The fraction of sp³-hybridized carbons (Fsp3) is 0.643. The van der Waals surface area contributed by atoms with Crippen LogP contribution in [0.4, 0.5) is 0 Å². The fourth-order valence-electron chi connectivity index (χ4n) is 2.37. The van der Waals surface area contributed by atoms with Gasteiger partial charge in [0.05, 0.1) is 6.10 Å². The Balaban J connectivity index is 1.98. The molecule has 2 unspecified atom stereocenters. The monoisotopic (exact) mass is 250 g/mol. The molecule has 100 valence electrons. The maximum atomic E-state index is 5.93. The number of aromatic nitrogens is 1. The van der Waals surface area contributed by atoms with Gasteiger partial charge >= 0.3 is 0 Å². The Morgan fingerprint density at radius 3 is 2.89 bits per heavy atom. The second kappa shape index (κ2) is 6.16. The number of rotatable bonds is 4. The molecule has 2 N–H and O–H groups in total. The molecule has 0 amide bonds. The summed E-state index contributed by atoms with van der Waals surface area (Å²) in [4.78, 5) is 4.25. The van der Waals surface area contributed by atoms with E-state index in [1.54, 1.807) is 13.3 Å². The van der Waals surface area contributed by atoms with Crippen molar-refractivity contribution >= 4 is 0 Å². The normalized spacial score (nSPS) is 25.7. The average Bonchev–Trinajstić information content (AvgIpc) is 2.39. The van der Waals surface area contributed by atoms with Crippen molar-refractivity contribution in [2.45, 2.75) is 50.9 Å². The van der Waals surface area contributed by atoms with Crippen LogP contribution in [-0.2, 0) is 4.74 Å². The molecule has 1 fully saturated rings. The van der Waals surface area contributed by atoms with Crippen LogP contribution in [0.1, 0.15) is 44.2 Å². The van der Waals surface area contributed by atoms with Crippen LogP contribution < -0.4 is 10.5 Å². The van der Waals surface area contributed by atoms with Gasteiger partial charge in [-0.1, -0.05) is 0 Å². The van der Waals surface area contributed by atoms with Gasteiger partial charge in [-0.15, -0.1) is 0 Å². The van der Waals surface area contributed by atoms with Crippen molar-refractivity contribution in [3.8, 4) is 5.88 Å². The zero-order valence-corrected chi connectivity index (χ0v) is 11.1. The molecule has 0 bridgehead atoms. The standard InChI is InChI=1S/C14H22N2O2/c1-10(15)11-6-7-16-14(8-11)18-13-5-3-4-12(9-13)17-2/h6-8,10,12-13H,3-5,9,15H2,1-2H3/t10-,12?,13?/m1/s1. The summed E-state index contributed by atoms with van der Waals surface area (Å²) in [5.74, 6) is 0.673. The van der Waals surface area contributed by atoms with Crippen LogP contribution in [0.3, 0.4) is 0 Å². The zero-order valence-electron chi connectivity index (χ0n) is 11.1. The van der Waals surface area contributed by atoms with E-state index in [1.165, 1.54) is 0 Å². The Labute approximate surface area is 108 Å². The van der Waals surface area contributed by atoms with Gasteiger partial charge in [0.2, 0.25) is 5.88 Å². The van der Waals surface area contributed by atoms with Gasteiger partial charge in [0, 0.05) is 31.8 Å². The summed E-state index contributed by atoms with van der Waals surface area (Å²) in [5.41, 5.74) is 6.91. The van der Waals surface area contributed by atoms with Crippen LogP contribution in [0, 0.1) is 0 Å². The van der Waals surface area contributed by atoms with Crippen LogP contribution in [-0.4, -0.2) is 24.3 Å². The molecule has 0 spiro atoms. The molecule has 0 saturated heterocycles. The lowest BCUT2D eigenvalue weighted by Gasteiger charge is -2.28. The number of nitrogens with two attached hydrogens (primary N) is 1. The van der Waals surface area contributed by atoms with Gasteiger partial charge in [0.15, 0.2) is 0 Å². The van der Waals surface area contributed by atoms with Crippen molar-refractivity contribution in [2.24, 2.45) is 5.73 Å². The molecule has 1 aliphatic rings. The lowest BCUT2D eigenvalue weighted by atomic mass is 9.95. The molecule has 18 heavy (non-hydrogen) atoms. The Kier molecular flexibility index (Phi) is 4.55. The van der Waals surface area contributed by atoms with E-state index in [2.05, 4.69) is 4.98 Å². The molecule has 2 rings (SSSR count). The molecule has 0 aromatic carbocycles. The van der Waals surface area contributed by atoms with Gasteiger partial charge in [0.1, 0.15) is 6.10 Å². The van der Waals surface area contributed by atoms with Crippen molar-refractivity contribution < 1.29 is 9.47 Å². The second-order valence-corrected chi connectivity index (χ2v) is 4.98. The second-order valence-electron chi connectivity index (χ2n) is 4.98. The van der Waals surface area contributed by atoms with Gasteiger partial charge in [-0.2, -0.15) is 0 Å². The topological polar surface area (TPSA) is 57.4 Å². The third kappa shape index (κ3) is 3.43. The number of pyridine rings is 1. The van der Waals surface area contributed by atoms with Crippen molar-refractivity contribution in [3.63, 3.8) is 0 Å². The predicted molar refractivity (Wildman–Crippen MR) is 70.5 cm³/mol. The third-order valence-corrected chi connectivity index (χ3v) is 3.48. The van der Waals surface area contributed by atoms with Gasteiger partial charge in [0.25, 0.3) is 0 Å². The van der Waals surface area contributed by atoms with E-state index >= 15 is 0 Å². The Morgan fingerprint density at radius 2 is 2.17 bits per heavy atom. The third-order valence-electron chi connectivity index (χ3n) is 3.48. The molecule has 1 heterocycles. The Morgan fingerprint density at radius 1 is 1.39 bits per heavy atom. The van der Waals surface area contributed by atoms with E-state index in [0.717, 1.165) is 31.2 Å². The summed E-state index contributed by atoms with van der Waals surface area (Å²) in [6.07, 6.45) is 6.58. The van der Waals surface area contributed by atoms with Gasteiger partial charge < -0.3 is 15.2 Å². The van der Waals surface area contributed by atoms with Gasteiger partial charge in [-0.05, 0) is 37.8 Å². The number of hydrogen-bond acceptors (Lipinski definition) is 4. The van der Waals surface area contributed by atoms with Crippen molar-refractivity contribution in [2.75, 3.05) is 7.11 Å². The first-order valence-corrected chi connectivity index (χ1v) is 6.60. The Hall–Kier alpha value is -1.13.